The Morgan fingerprint density at radius 3 is 2.67 bits per heavy atom. The molecule has 0 bridgehead atoms. The van der Waals surface area contributed by atoms with Crippen molar-refractivity contribution in [3.63, 3.8) is 0 Å². The molecular formula is C36H41N5O9S. The second-order valence-corrected chi connectivity index (χ2v) is 13.0. The summed E-state index contributed by atoms with van der Waals surface area (Å²) in [5, 5.41) is 32.1. The van der Waals surface area contributed by atoms with Gasteiger partial charge in [0.05, 0.1) is 30.4 Å². The molecule has 1 heterocycles. The van der Waals surface area contributed by atoms with Gasteiger partial charge >= 0.3 is 7.40 Å². The fourth-order valence-corrected chi connectivity index (χ4v) is 5.88. The summed E-state index contributed by atoms with van der Waals surface area (Å²) in [6.45, 7) is 7.66. The lowest BCUT2D eigenvalue weighted by Gasteiger charge is -2.26. The molecule has 0 spiro atoms. The monoisotopic (exact) mass is 719 g/mol. The topological polar surface area (TPSA) is 201 Å². The number of amides is 2. The fraction of sp³-hybridized carbons (Fsp3) is 0.333. The van der Waals surface area contributed by atoms with Crippen molar-refractivity contribution in [1.29, 1.82) is 0 Å². The van der Waals surface area contributed by atoms with E-state index in [9.17, 15) is 29.5 Å². The zero-order valence-corrected chi connectivity index (χ0v) is 29.1. The second-order valence-electron chi connectivity index (χ2n) is 12.3. The molecule has 4 rings (SSSR count). The Morgan fingerprint density at radius 2 is 1.94 bits per heavy atom. The molecule has 15 heteroatoms. The number of aromatic nitrogens is 1. The highest BCUT2D eigenvalue weighted by molar-refractivity contribution is 7.94. The summed E-state index contributed by atoms with van der Waals surface area (Å²) in [5.74, 6) is -1.55. The molecule has 2 aromatic carbocycles. The Labute approximate surface area is 301 Å². The highest BCUT2D eigenvalue weighted by Crippen LogP contribution is 2.32. The first-order valence-corrected chi connectivity index (χ1v) is 17.0. The molecule has 3 aromatic rings. The SMILES string of the molecule is C=CCc1c(OCCCCC(C)(C)C(=O)N[C@@H](NC(=O)c2ccc(N/N=C/c3ccccc3SOO[O-])nc2)C(=O)O)ccc2c1CCCC2=O.[H+]. The average molecular weight is 720 g/mol. The van der Waals surface area contributed by atoms with Gasteiger partial charge in [-0.2, -0.15) is 9.44 Å². The number of fused-ring (bicyclic) bond motifs is 1. The smallest absolute Gasteiger partial charge is 0.691 e. The van der Waals surface area contributed by atoms with Gasteiger partial charge in [-0.3, -0.25) is 24.8 Å². The molecule has 0 radical (unpaired) electrons. The lowest BCUT2D eigenvalue weighted by Crippen LogP contribution is -2.55. The van der Waals surface area contributed by atoms with Crippen LogP contribution in [0.5, 0.6) is 5.75 Å². The van der Waals surface area contributed by atoms with Crippen LogP contribution in [0.3, 0.4) is 0 Å². The first kappa shape index (κ1) is 38.7. The summed E-state index contributed by atoms with van der Waals surface area (Å²) in [5.41, 5.74) is 5.24. The van der Waals surface area contributed by atoms with Crippen LogP contribution < -0.4 is 26.1 Å². The van der Waals surface area contributed by atoms with Crippen molar-refractivity contribution in [2.24, 2.45) is 10.5 Å². The van der Waals surface area contributed by atoms with Crippen LogP contribution in [0.2, 0.25) is 0 Å². The first-order valence-electron chi connectivity index (χ1n) is 16.3. The number of nitrogens with one attached hydrogen (secondary N) is 3. The number of anilines is 1. The van der Waals surface area contributed by atoms with Gasteiger partial charge in [0.1, 0.15) is 11.6 Å². The van der Waals surface area contributed by atoms with Crippen molar-refractivity contribution in [1.82, 2.24) is 15.6 Å². The van der Waals surface area contributed by atoms with Crippen LogP contribution in [-0.4, -0.2) is 52.6 Å². The minimum atomic E-state index is -1.68. The Bertz CT molecular complexity index is 1750. The van der Waals surface area contributed by atoms with Crippen molar-refractivity contribution < 1.29 is 45.1 Å². The van der Waals surface area contributed by atoms with Crippen LogP contribution in [0.15, 0.2) is 77.4 Å². The maximum absolute atomic E-state index is 13.1. The number of carboxylic acid groups (broad SMARTS) is 1. The van der Waals surface area contributed by atoms with E-state index in [1.165, 1.54) is 24.5 Å². The number of hydrazone groups is 1. The van der Waals surface area contributed by atoms with Crippen LogP contribution in [-0.2, 0) is 31.8 Å². The van der Waals surface area contributed by atoms with E-state index < -0.39 is 29.4 Å². The molecule has 1 aliphatic rings. The molecule has 14 nitrogen and oxygen atoms in total. The second kappa shape index (κ2) is 18.8. The van der Waals surface area contributed by atoms with Gasteiger partial charge < -0.3 is 25.7 Å². The third-order valence-electron chi connectivity index (χ3n) is 8.21. The number of rotatable bonds is 19. The van der Waals surface area contributed by atoms with E-state index in [-0.39, 0.29) is 12.8 Å². The fourth-order valence-electron chi connectivity index (χ4n) is 5.42. The maximum atomic E-state index is 13.1. The number of unbranched alkanes of at least 4 members (excludes halogenated alkanes) is 1. The number of benzene rings is 2. The number of pyridine rings is 1. The number of ether oxygens (including phenoxy) is 1. The number of nitrogens with zero attached hydrogens (tertiary/aromatic N) is 2. The van der Waals surface area contributed by atoms with Crippen molar-refractivity contribution in [2.45, 2.75) is 69.9 Å². The highest BCUT2D eigenvalue weighted by Gasteiger charge is 2.32. The molecule has 2 amide bonds. The van der Waals surface area contributed by atoms with Gasteiger partial charge in [-0.25, -0.2) is 9.78 Å². The van der Waals surface area contributed by atoms with Crippen LogP contribution in [0.25, 0.3) is 0 Å². The lowest BCUT2D eigenvalue weighted by molar-refractivity contribution is -0.777. The van der Waals surface area contributed by atoms with E-state index in [2.05, 4.69) is 42.1 Å². The number of aliphatic carboxylic acids is 1. The largest absolute Gasteiger partial charge is 1.00 e. The highest BCUT2D eigenvalue weighted by atomic mass is 32.2. The predicted molar refractivity (Wildman–Crippen MR) is 189 cm³/mol. The van der Waals surface area contributed by atoms with E-state index >= 15 is 0 Å². The maximum Gasteiger partial charge on any atom is 1.00 e. The summed E-state index contributed by atoms with van der Waals surface area (Å²) >= 11 is 0.723. The number of carboxylic acids is 1. The number of allylic oxidation sites excluding steroid dienone is 1. The summed E-state index contributed by atoms with van der Waals surface area (Å²) < 4.78 is 10.4. The van der Waals surface area contributed by atoms with Crippen LogP contribution in [0.4, 0.5) is 5.82 Å². The summed E-state index contributed by atoms with van der Waals surface area (Å²) in [7, 11) is 0. The van der Waals surface area contributed by atoms with Gasteiger partial charge in [0.2, 0.25) is 12.1 Å². The third kappa shape index (κ3) is 10.9. The Kier molecular flexibility index (Phi) is 14.3. The molecule has 0 aliphatic heterocycles. The van der Waals surface area contributed by atoms with Gasteiger partial charge in [0.25, 0.3) is 5.91 Å². The minimum absolute atomic E-state index is 0. The van der Waals surface area contributed by atoms with E-state index in [1.54, 1.807) is 44.2 Å². The molecule has 0 fully saturated rings. The van der Waals surface area contributed by atoms with Crippen LogP contribution in [0.1, 0.15) is 84.8 Å². The van der Waals surface area contributed by atoms with Crippen molar-refractivity contribution in [2.75, 3.05) is 12.0 Å². The molecule has 1 atom stereocenters. The van der Waals surface area contributed by atoms with E-state index in [4.69, 9.17) is 4.74 Å². The van der Waals surface area contributed by atoms with Crippen molar-refractivity contribution >= 4 is 47.6 Å². The summed E-state index contributed by atoms with van der Waals surface area (Å²) in [6.07, 6.45) is 7.33. The number of hydrogen-bond acceptors (Lipinski definition) is 12. The van der Waals surface area contributed by atoms with E-state index in [0.717, 1.165) is 47.3 Å². The average Bonchev–Trinajstić information content (AvgIpc) is 3.11. The Hall–Kier alpha value is -5.09. The standard InChI is InChI=1S/C36H41N5O9S/c1-4-10-27-25-12-9-13-28(42)26(25)16-17-29(27)48-20-8-7-19-36(2,3)35(46)40-32(34(44)45)39-33(43)24-15-18-31(37-21-24)41-38-22-23-11-5-6-14-30(23)51-50-49-47/h4-6,11,14-18,21-22,32,47H,1,7-10,12-13,19-20H2,2-3H3,(H,37,41)(H,39,43)(H,40,46)(H,44,45)/b38-22+/t32-/m1/s1. The van der Waals surface area contributed by atoms with Crippen molar-refractivity contribution in [3.8, 4) is 5.75 Å². The molecule has 1 aliphatic carbocycles. The van der Waals surface area contributed by atoms with Crippen LogP contribution in [0, 0.1) is 5.41 Å². The Morgan fingerprint density at radius 1 is 1.14 bits per heavy atom. The van der Waals surface area contributed by atoms with E-state index in [1.807, 2.05) is 12.1 Å². The molecule has 0 unspecified atom stereocenters. The van der Waals surface area contributed by atoms with Gasteiger partial charge in [-0.1, -0.05) is 38.1 Å². The molecule has 0 saturated carbocycles. The van der Waals surface area contributed by atoms with E-state index in [0.29, 0.717) is 55.0 Å². The minimum Gasteiger partial charge on any atom is -0.691 e. The number of ketones is 1. The molecule has 270 valence electrons. The number of Topliss-reactive ketones (excluding diaryl/α,β-unsaturated/α-hetero) is 1. The first-order chi connectivity index (χ1) is 24.5. The quantitative estimate of drug-likeness (QED) is 0.0255. The van der Waals surface area contributed by atoms with Gasteiger partial charge in [0, 0.05) is 39.6 Å². The number of carbonyl (C=O) groups excluding carboxylic acids is 3. The van der Waals surface area contributed by atoms with Crippen LogP contribution >= 0.6 is 12.0 Å². The number of hydrogen-bond donors (Lipinski definition) is 4. The molecule has 4 N–H and O–H groups in total. The third-order valence-corrected chi connectivity index (χ3v) is 8.89. The summed E-state index contributed by atoms with van der Waals surface area (Å²) in [6, 6.07) is 13.5. The molecule has 1 aromatic heterocycles. The van der Waals surface area contributed by atoms with Crippen molar-refractivity contribution in [3.05, 3.63) is 95.2 Å². The summed E-state index contributed by atoms with van der Waals surface area (Å²) in [4.78, 5) is 55.0. The normalized spacial score (nSPS) is 13.3. The van der Waals surface area contributed by atoms with Gasteiger partial charge in [-0.15, -0.1) is 6.58 Å². The zero-order valence-electron chi connectivity index (χ0n) is 29.3. The lowest BCUT2D eigenvalue weighted by atomic mass is 9.85. The molecule has 51 heavy (non-hydrogen) atoms. The zero-order chi connectivity index (χ0) is 36.8. The Balaban J connectivity index is 0.00000729. The molecular weight excluding hydrogens is 678 g/mol. The van der Waals surface area contributed by atoms with Gasteiger partial charge in [0.15, 0.2) is 5.78 Å². The predicted octanol–water partition coefficient (Wildman–Crippen LogP) is 4.65. The number of carbonyl (C=O) groups is 4. The molecule has 0 saturated heterocycles. The van der Waals surface area contributed by atoms with Gasteiger partial charge in [-0.05, 0) is 74.4 Å².